The highest BCUT2D eigenvalue weighted by molar-refractivity contribution is 5.82. The van der Waals surface area contributed by atoms with Crippen LogP contribution >= 0.6 is 0 Å². The maximum absolute atomic E-state index is 4.45. The SMILES string of the molecule is Cc1cccc(CNC2=NCC(C)(C)N2)c1C. The Bertz CT molecular complexity index is 447. The van der Waals surface area contributed by atoms with Crippen LogP contribution in [0, 0.1) is 13.8 Å². The molecule has 17 heavy (non-hydrogen) atoms. The minimum Gasteiger partial charge on any atom is -0.352 e. The van der Waals surface area contributed by atoms with E-state index in [-0.39, 0.29) is 5.54 Å². The Morgan fingerprint density at radius 2 is 2.12 bits per heavy atom. The predicted molar refractivity (Wildman–Crippen MR) is 72.3 cm³/mol. The number of aryl methyl sites for hydroxylation is 1. The van der Waals surface area contributed by atoms with Gasteiger partial charge in [0.1, 0.15) is 0 Å². The second kappa shape index (κ2) is 4.40. The number of rotatable bonds is 2. The number of benzene rings is 1. The summed E-state index contributed by atoms with van der Waals surface area (Å²) in [6, 6.07) is 6.41. The van der Waals surface area contributed by atoms with E-state index in [1.807, 2.05) is 0 Å². The van der Waals surface area contributed by atoms with E-state index in [2.05, 4.69) is 61.5 Å². The fraction of sp³-hybridized carbons (Fsp3) is 0.500. The third kappa shape index (κ3) is 2.78. The number of aliphatic imine (C=N–C) groups is 1. The van der Waals surface area contributed by atoms with Crippen molar-refractivity contribution in [3.05, 3.63) is 34.9 Å². The molecule has 1 aliphatic heterocycles. The van der Waals surface area contributed by atoms with E-state index in [1.165, 1.54) is 16.7 Å². The fourth-order valence-electron chi connectivity index (χ4n) is 1.96. The molecule has 2 N–H and O–H groups in total. The van der Waals surface area contributed by atoms with Gasteiger partial charge in [-0.05, 0) is 44.4 Å². The number of hydrogen-bond donors (Lipinski definition) is 2. The van der Waals surface area contributed by atoms with Crippen molar-refractivity contribution in [2.45, 2.75) is 39.8 Å². The standard InChI is InChI=1S/C14H21N3/c1-10-6-5-7-12(11(10)2)8-15-13-16-9-14(3,4)17-13/h5-7H,8-9H2,1-4H3,(H2,15,16,17). The fourth-order valence-corrected chi connectivity index (χ4v) is 1.96. The van der Waals surface area contributed by atoms with E-state index < -0.39 is 0 Å². The van der Waals surface area contributed by atoms with Crippen LogP contribution in [0.5, 0.6) is 0 Å². The van der Waals surface area contributed by atoms with Crippen LogP contribution in [-0.2, 0) is 6.54 Å². The van der Waals surface area contributed by atoms with Crippen LogP contribution in [0.3, 0.4) is 0 Å². The van der Waals surface area contributed by atoms with Crippen molar-refractivity contribution in [1.82, 2.24) is 10.6 Å². The predicted octanol–water partition coefficient (Wildman–Crippen LogP) is 2.13. The van der Waals surface area contributed by atoms with Crippen LogP contribution in [0.15, 0.2) is 23.2 Å². The van der Waals surface area contributed by atoms with Crippen molar-refractivity contribution < 1.29 is 0 Å². The molecule has 1 aromatic carbocycles. The first kappa shape index (κ1) is 12.0. The molecule has 0 unspecified atom stereocenters. The van der Waals surface area contributed by atoms with Gasteiger partial charge >= 0.3 is 0 Å². The molecule has 0 fully saturated rings. The van der Waals surface area contributed by atoms with Crippen LogP contribution < -0.4 is 10.6 Å². The molecule has 0 bridgehead atoms. The third-order valence-electron chi connectivity index (χ3n) is 3.25. The lowest BCUT2D eigenvalue weighted by atomic mass is 10.0. The third-order valence-corrected chi connectivity index (χ3v) is 3.25. The second-order valence-corrected chi connectivity index (χ2v) is 5.39. The van der Waals surface area contributed by atoms with Gasteiger partial charge in [-0.1, -0.05) is 18.2 Å². The van der Waals surface area contributed by atoms with Crippen LogP contribution in [-0.4, -0.2) is 18.0 Å². The highest BCUT2D eigenvalue weighted by atomic mass is 15.3. The topological polar surface area (TPSA) is 36.4 Å². The summed E-state index contributed by atoms with van der Waals surface area (Å²) in [4.78, 5) is 4.45. The van der Waals surface area contributed by atoms with Gasteiger partial charge in [0.15, 0.2) is 5.96 Å². The van der Waals surface area contributed by atoms with Gasteiger partial charge in [0, 0.05) is 6.54 Å². The van der Waals surface area contributed by atoms with Gasteiger partial charge in [0.05, 0.1) is 12.1 Å². The molecule has 0 amide bonds. The Labute approximate surface area is 103 Å². The highest BCUT2D eigenvalue weighted by Crippen LogP contribution is 2.13. The molecule has 0 aromatic heterocycles. The van der Waals surface area contributed by atoms with Crippen molar-refractivity contribution in [3.63, 3.8) is 0 Å². The molecular weight excluding hydrogens is 210 g/mol. The van der Waals surface area contributed by atoms with E-state index in [0.717, 1.165) is 19.0 Å². The van der Waals surface area contributed by atoms with Gasteiger partial charge in [0.25, 0.3) is 0 Å². The zero-order chi connectivity index (χ0) is 12.5. The van der Waals surface area contributed by atoms with Gasteiger partial charge in [-0.25, -0.2) is 0 Å². The number of guanidine groups is 1. The summed E-state index contributed by atoms with van der Waals surface area (Å²) in [5.74, 6) is 0.913. The Morgan fingerprint density at radius 1 is 1.35 bits per heavy atom. The summed E-state index contributed by atoms with van der Waals surface area (Å²) < 4.78 is 0. The lowest BCUT2D eigenvalue weighted by molar-refractivity contribution is 0.502. The zero-order valence-corrected chi connectivity index (χ0v) is 11.1. The molecule has 0 aliphatic carbocycles. The van der Waals surface area contributed by atoms with Crippen molar-refractivity contribution in [2.24, 2.45) is 4.99 Å². The Hall–Kier alpha value is -1.51. The maximum atomic E-state index is 4.45. The van der Waals surface area contributed by atoms with E-state index in [4.69, 9.17) is 0 Å². The smallest absolute Gasteiger partial charge is 0.192 e. The summed E-state index contributed by atoms with van der Waals surface area (Å²) in [6.45, 7) is 10.3. The lowest BCUT2D eigenvalue weighted by Crippen LogP contribution is -2.44. The molecule has 0 saturated heterocycles. The monoisotopic (exact) mass is 231 g/mol. The lowest BCUT2D eigenvalue weighted by Gasteiger charge is -2.19. The van der Waals surface area contributed by atoms with E-state index in [1.54, 1.807) is 0 Å². The molecule has 1 heterocycles. The second-order valence-electron chi connectivity index (χ2n) is 5.39. The van der Waals surface area contributed by atoms with Gasteiger partial charge < -0.3 is 10.6 Å². The molecule has 0 saturated carbocycles. The quantitative estimate of drug-likeness (QED) is 0.818. The van der Waals surface area contributed by atoms with Crippen molar-refractivity contribution >= 4 is 5.96 Å². The van der Waals surface area contributed by atoms with E-state index in [9.17, 15) is 0 Å². The molecule has 92 valence electrons. The molecule has 0 spiro atoms. The molecule has 1 aliphatic rings. The van der Waals surface area contributed by atoms with Crippen molar-refractivity contribution in [3.8, 4) is 0 Å². The van der Waals surface area contributed by atoms with Crippen LogP contribution in [0.25, 0.3) is 0 Å². The van der Waals surface area contributed by atoms with Gasteiger partial charge in [-0.15, -0.1) is 0 Å². The molecular formula is C14H21N3. The van der Waals surface area contributed by atoms with Crippen molar-refractivity contribution in [1.29, 1.82) is 0 Å². The summed E-state index contributed by atoms with van der Waals surface area (Å²) >= 11 is 0. The normalized spacial score (nSPS) is 17.5. The first-order valence-corrected chi connectivity index (χ1v) is 6.09. The zero-order valence-electron chi connectivity index (χ0n) is 11.1. The summed E-state index contributed by atoms with van der Waals surface area (Å²) in [6.07, 6.45) is 0. The van der Waals surface area contributed by atoms with Crippen LogP contribution in [0.2, 0.25) is 0 Å². The van der Waals surface area contributed by atoms with E-state index >= 15 is 0 Å². The number of nitrogens with zero attached hydrogens (tertiary/aromatic N) is 1. The Morgan fingerprint density at radius 3 is 2.76 bits per heavy atom. The minimum atomic E-state index is 0.0873. The largest absolute Gasteiger partial charge is 0.352 e. The molecule has 3 heteroatoms. The summed E-state index contributed by atoms with van der Waals surface area (Å²) in [7, 11) is 0. The van der Waals surface area contributed by atoms with Crippen LogP contribution in [0.4, 0.5) is 0 Å². The molecule has 1 aromatic rings. The number of nitrogens with one attached hydrogen (secondary N) is 2. The average Bonchev–Trinajstić information content (AvgIpc) is 2.61. The first-order chi connectivity index (χ1) is 7.98. The van der Waals surface area contributed by atoms with Crippen LogP contribution in [0.1, 0.15) is 30.5 Å². The average molecular weight is 231 g/mol. The summed E-state index contributed by atoms with van der Waals surface area (Å²) in [5.41, 5.74) is 4.12. The summed E-state index contributed by atoms with van der Waals surface area (Å²) in [5, 5.41) is 6.73. The Kier molecular flexibility index (Phi) is 3.09. The van der Waals surface area contributed by atoms with Gasteiger partial charge in [-0.3, -0.25) is 4.99 Å². The molecule has 0 atom stereocenters. The molecule has 2 rings (SSSR count). The Balaban J connectivity index is 1.97. The van der Waals surface area contributed by atoms with E-state index in [0.29, 0.717) is 0 Å². The highest BCUT2D eigenvalue weighted by Gasteiger charge is 2.24. The number of hydrogen-bond acceptors (Lipinski definition) is 3. The molecule has 0 radical (unpaired) electrons. The minimum absolute atomic E-state index is 0.0873. The van der Waals surface area contributed by atoms with Crippen molar-refractivity contribution in [2.75, 3.05) is 6.54 Å². The maximum Gasteiger partial charge on any atom is 0.192 e. The van der Waals surface area contributed by atoms with Gasteiger partial charge in [0.2, 0.25) is 0 Å². The van der Waals surface area contributed by atoms with Gasteiger partial charge in [-0.2, -0.15) is 0 Å². The first-order valence-electron chi connectivity index (χ1n) is 6.09. The molecule has 3 nitrogen and oxygen atoms in total.